The minimum Gasteiger partial charge on any atom is -0.377 e. The molecule has 1 aliphatic heterocycles. The van der Waals surface area contributed by atoms with Gasteiger partial charge in [0.25, 0.3) is 0 Å². The van der Waals surface area contributed by atoms with E-state index in [0.717, 1.165) is 31.9 Å². The highest BCUT2D eigenvalue weighted by molar-refractivity contribution is 7.86. The molecule has 112 valence electrons. The zero-order chi connectivity index (χ0) is 13.8. The van der Waals surface area contributed by atoms with Gasteiger partial charge in [-0.25, -0.2) is 0 Å². The van der Waals surface area contributed by atoms with Crippen LogP contribution in [0.1, 0.15) is 52.9 Å². The Morgan fingerprint density at radius 2 is 2.00 bits per heavy atom. The Hall–Kier alpha value is 0.0700. The minimum absolute atomic E-state index is 0.171. The topological polar surface area (TPSA) is 38.3 Å². The fraction of sp³-hybridized carbons (Fsp3) is 1.00. The molecule has 3 nitrogen and oxygen atoms in total. The van der Waals surface area contributed by atoms with Gasteiger partial charge in [-0.05, 0) is 45.1 Å². The highest BCUT2D eigenvalue weighted by Crippen LogP contribution is 2.33. The maximum Gasteiger partial charge on any atom is 0.0691 e. The van der Waals surface area contributed by atoms with Gasteiger partial charge in [-0.1, -0.05) is 20.3 Å². The number of ether oxygens (including phenoxy) is 1. The first-order valence-electron chi connectivity index (χ1n) is 7.91. The van der Waals surface area contributed by atoms with Gasteiger partial charge in [-0.15, -0.1) is 0 Å². The van der Waals surface area contributed by atoms with Crippen molar-refractivity contribution in [2.45, 2.75) is 75.5 Å². The van der Waals surface area contributed by atoms with Crippen LogP contribution in [0.5, 0.6) is 0 Å². The summed E-state index contributed by atoms with van der Waals surface area (Å²) in [6.07, 6.45) is 5.97. The molecule has 0 amide bonds. The van der Waals surface area contributed by atoms with Gasteiger partial charge in [0.05, 0.1) is 16.6 Å². The predicted octanol–water partition coefficient (Wildman–Crippen LogP) is 2.47. The van der Waals surface area contributed by atoms with E-state index < -0.39 is 10.8 Å². The van der Waals surface area contributed by atoms with E-state index >= 15 is 0 Å². The van der Waals surface area contributed by atoms with E-state index in [1.807, 2.05) is 0 Å². The monoisotopic (exact) mass is 287 g/mol. The molecule has 2 aliphatic rings. The van der Waals surface area contributed by atoms with Crippen molar-refractivity contribution in [3.8, 4) is 0 Å². The van der Waals surface area contributed by atoms with Gasteiger partial charge in [-0.2, -0.15) is 0 Å². The molecule has 0 radical (unpaired) electrons. The summed E-state index contributed by atoms with van der Waals surface area (Å²) >= 11 is 0. The Labute approximate surface area is 120 Å². The Kier molecular flexibility index (Phi) is 5.85. The van der Waals surface area contributed by atoms with Crippen LogP contribution in [0, 0.1) is 5.92 Å². The van der Waals surface area contributed by atoms with Crippen molar-refractivity contribution >= 4 is 10.8 Å². The summed E-state index contributed by atoms with van der Waals surface area (Å²) in [5.74, 6) is 0.765. The number of rotatable bonds is 5. The van der Waals surface area contributed by atoms with Gasteiger partial charge in [-0.3, -0.25) is 4.21 Å². The smallest absolute Gasteiger partial charge is 0.0691 e. The average Bonchev–Trinajstić information content (AvgIpc) is 2.85. The number of nitrogens with one attached hydrogen (secondary N) is 1. The van der Waals surface area contributed by atoms with Gasteiger partial charge in [0.1, 0.15) is 0 Å². The molecule has 19 heavy (non-hydrogen) atoms. The molecule has 6 unspecified atom stereocenters. The Bertz CT molecular complexity index is 311. The molecule has 1 saturated heterocycles. The Morgan fingerprint density at radius 3 is 2.58 bits per heavy atom. The summed E-state index contributed by atoms with van der Waals surface area (Å²) in [6.45, 7) is 8.25. The van der Waals surface area contributed by atoms with Gasteiger partial charge >= 0.3 is 0 Å². The lowest BCUT2D eigenvalue weighted by atomic mass is 9.84. The van der Waals surface area contributed by atoms with Crippen LogP contribution in [0.15, 0.2) is 0 Å². The van der Waals surface area contributed by atoms with E-state index in [-0.39, 0.29) is 11.4 Å². The zero-order valence-electron chi connectivity index (χ0n) is 12.6. The van der Waals surface area contributed by atoms with Crippen molar-refractivity contribution in [3.05, 3.63) is 0 Å². The van der Waals surface area contributed by atoms with Gasteiger partial charge in [0.2, 0.25) is 0 Å². The van der Waals surface area contributed by atoms with Crippen LogP contribution in [-0.4, -0.2) is 40.0 Å². The third kappa shape index (κ3) is 3.59. The number of hydrogen-bond acceptors (Lipinski definition) is 3. The maximum atomic E-state index is 12.9. The summed E-state index contributed by atoms with van der Waals surface area (Å²) in [4.78, 5) is 0. The van der Waals surface area contributed by atoms with Crippen molar-refractivity contribution in [2.75, 3.05) is 13.2 Å². The van der Waals surface area contributed by atoms with Crippen LogP contribution >= 0.6 is 0 Å². The first-order valence-corrected chi connectivity index (χ1v) is 9.19. The quantitative estimate of drug-likeness (QED) is 0.844. The first kappa shape index (κ1) is 15.5. The molecule has 1 N–H and O–H groups in total. The van der Waals surface area contributed by atoms with Gasteiger partial charge < -0.3 is 10.1 Å². The summed E-state index contributed by atoms with van der Waals surface area (Å²) in [7, 11) is -0.753. The second-order valence-corrected chi connectivity index (χ2v) is 7.89. The molecule has 1 saturated carbocycles. The van der Waals surface area contributed by atoms with E-state index in [9.17, 15) is 4.21 Å². The highest BCUT2D eigenvalue weighted by Gasteiger charge is 2.39. The lowest BCUT2D eigenvalue weighted by Gasteiger charge is -2.37. The van der Waals surface area contributed by atoms with Crippen molar-refractivity contribution in [2.24, 2.45) is 5.92 Å². The fourth-order valence-electron chi connectivity index (χ4n) is 3.58. The molecule has 0 aromatic rings. The van der Waals surface area contributed by atoms with Crippen LogP contribution in [-0.2, 0) is 15.5 Å². The van der Waals surface area contributed by atoms with Crippen LogP contribution < -0.4 is 5.32 Å². The summed E-state index contributed by atoms with van der Waals surface area (Å²) in [5.41, 5.74) is 0. The van der Waals surface area contributed by atoms with Gasteiger partial charge in [0.15, 0.2) is 0 Å². The molecule has 0 aromatic heterocycles. The molecular weight excluding hydrogens is 258 g/mol. The largest absolute Gasteiger partial charge is 0.377 e. The van der Waals surface area contributed by atoms with Crippen molar-refractivity contribution < 1.29 is 8.95 Å². The Morgan fingerprint density at radius 1 is 1.21 bits per heavy atom. The second kappa shape index (κ2) is 7.19. The van der Waals surface area contributed by atoms with Crippen LogP contribution in [0.4, 0.5) is 0 Å². The minimum atomic E-state index is -0.753. The average molecular weight is 287 g/mol. The van der Waals surface area contributed by atoms with Crippen LogP contribution in [0.3, 0.4) is 0 Å². The molecule has 0 aromatic carbocycles. The molecule has 0 bridgehead atoms. The molecule has 2 rings (SSSR count). The lowest BCUT2D eigenvalue weighted by Crippen LogP contribution is -2.49. The first-order chi connectivity index (χ1) is 9.17. The molecule has 1 aliphatic carbocycles. The Balaban J connectivity index is 2.05. The lowest BCUT2D eigenvalue weighted by molar-refractivity contribution is 0.126. The maximum absolute atomic E-state index is 12.9. The van der Waals surface area contributed by atoms with Crippen molar-refractivity contribution in [3.63, 3.8) is 0 Å². The highest BCUT2D eigenvalue weighted by atomic mass is 32.2. The van der Waals surface area contributed by atoms with Crippen LogP contribution in [0.25, 0.3) is 0 Å². The van der Waals surface area contributed by atoms with Crippen molar-refractivity contribution in [1.82, 2.24) is 5.32 Å². The standard InChI is InChI=1S/C15H29NO2S/c1-4-12-6-7-13(16-5-2)15(10-12)19(17)14-8-9-18-11(14)3/h11-16H,4-10H2,1-3H3. The third-order valence-corrected chi connectivity index (χ3v) is 7.18. The van der Waals surface area contributed by atoms with Gasteiger partial charge in [0, 0.05) is 23.4 Å². The normalized spacial score (nSPS) is 41.3. The van der Waals surface area contributed by atoms with Crippen LogP contribution in [0.2, 0.25) is 0 Å². The van der Waals surface area contributed by atoms with Crippen molar-refractivity contribution in [1.29, 1.82) is 0 Å². The summed E-state index contributed by atoms with van der Waals surface area (Å²) in [5, 5.41) is 4.14. The van der Waals surface area contributed by atoms with E-state index in [1.165, 1.54) is 19.3 Å². The van der Waals surface area contributed by atoms with E-state index in [1.54, 1.807) is 0 Å². The zero-order valence-corrected chi connectivity index (χ0v) is 13.4. The molecule has 0 spiro atoms. The molecule has 1 heterocycles. The summed E-state index contributed by atoms with van der Waals surface area (Å²) in [6, 6.07) is 0.446. The molecule has 6 atom stereocenters. The van der Waals surface area contributed by atoms with E-state index in [2.05, 4.69) is 26.1 Å². The SMILES string of the molecule is CCNC1CCC(CC)CC1S(=O)C1CCOC1C. The van der Waals surface area contributed by atoms with E-state index in [4.69, 9.17) is 4.74 Å². The number of hydrogen-bond donors (Lipinski definition) is 1. The molecule has 2 fully saturated rings. The van der Waals surface area contributed by atoms with E-state index in [0.29, 0.717) is 11.3 Å². The summed E-state index contributed by atoms with van der Waals surface area (Å²) < 4.78 is 18.6. The predicted molar refractivity (Wildman–Crippen MR) is 80.8 cm³/mol. The molecule has 4 heteroatoms. The fourth-order valence-corrected chi connectivity index (χ4v) is 5.83. The third-order valence-electron chi connectivity index (χ3n) is 4.85. The second-order valence-electron chi connectivity index (χ2n) is 6.02. The molecular formula is C15H29NO2S.